The average molecular weight is 416 g/mol. The molecule has 2 N–H and O–H groups in total. The predicted molar refractivity (Wildman–Crippen MR) is 124 cm³/mol. The van der Waals surface area contributed by atoms with Gasteiger partial charge in [0.25, 0.3) is 5.56 Å². The van der Waals surface area contributed by atoms with E-state index in [1.807, 2.05) is 66.7 Å². The van der Waals surface area contributed by atoms with Crippen molar-refractivity contribution in [3.63, 3.8) is 0 Å². The summed E-state index contributed by atoms with van der Waals surface area (Å²) in [6.45, 7) is 4.25. The molecule has 0 aliphatic heterocycles. The highest BCUT2D eigenvalue weighted by Crippen LogP contribution is 2.27. The second-order valence-electron chi connectivity index (χ2n) is 7.33. The van der Waals surface area contributed by atoms with Crippen LogP contribution in [0.1, 0.15) is 30.9 Å². The molecule has 0 atom stereocenters. The van der Waals surface area contributed by atoms with E-state index in [4.69, 9.17) is 12.2 Å². The smallest absolute Gasteiger partial charge is 0.264 e. The Hall–Kier alpha value is -3.51. The van der Waals surface area contributed by atoms with E-state index in [1.54, 1.807) is 0 Å². The van der Waals surface area contributed by atoms with Gasteiger partial charge in [-0.05, 0) is 47.3 Å². The quantitative estimate of drug-likeness (QED) is 0.335. The van der Waals surface area contributed by atoms with Gasteiger partial charge in [0, 0.05) is 11.6 Å². The monoisotopic (exact) mass is 415 g/mol. The molecule has 30 heavy (non-hydrogen) atoms. The molecule has 5 nitrogen and oxygen atoms in total. The van der Waals surface area contributed by atoms with Gasteiger partial charge < -0.3 is 5.11 Å². The second kappa shape index (κ2) is 8.08. The van der Waals surface area contributed by atoms with Crippen molar-refractivity contribution in [2.75, 3.05) is 0 Å². The number of benzene rings is 3. The van der Waals surface area contributed by atoms with Crippen molar-refractivity contribution in [2.24, 2.45) is 4.99 Å². The lowest BCUT2D eigenvalue weighted by molar-refractivity contribution is 0.433. The fourth-order valence-electron chi connectivity index (χ4n) is 3.37. The zero-order chi connectivity index (χ0) is 21.3. The van der Waals surface area contributed by atoms with Crippen molar-refractivity contribution in [3.05, 3.63) is 93.0 Å². The van der Waals surface area contributed by atoms with Crippen LogP contribution in [0.15, 0.2) is 76.5 Å². The van der Waals surface area contributed by atoms with Crippen molar-refractivity contribution in [1.29, 1.82) is 0 Å². The predicted octanol–water partition coefficient (Wildman–Crippen LogP) is 5.63. The minimum absolute atomic E-state index is 0.0458. The fraction of sp³-hybridized carbons (Fsp3) is 0.125. The third-order valence-electron chi connectivity index (χ3n) is 5.03. The molecule has 0 radical (unpaired) electrons. The minimum atomic E-state index is -0.489. The molecule has 4 aromatic rings. The van der Waals surface area contributed by atoms with E-state index in [-0.39, 0.29) is 16.2 Å². The molecule has 0 saturated heterocycles. The Kier molecular flexibility index (Phi) is 5.33. The summed E-state index contributed by atoms with van der Waals surface area (Å²) in [4.78, 5) is 19.5. The van der Waals surface area contributed by atoms with E-state index in [1.165, 1.54) is 16.3 Å². The van der Waals surface area contributed by atoms with Crippen LogP contribution in [-0.4, -0.2) is 20.9 Å². The highest BCUT2D eigenvalue weighted by atomic mass is 32.1. The Balaban J connectivity index is 1.83. The maximum absolute atomic E-state index is 12.5. The fourth-order valence-corrected chi connectivity index (χ4v) is 3.64. The average Bonchev–Trinajstić information content (AvgIpc) is 2.74. The molecule has 0 unspecified atom stereocenters. The standard InChI is InChI=1S/C24H21N3O2S/c1-15(2)16-10-12-18(13-11-16)25-14-20-22(28)26-24(30)27(23(20)29)21-9-5-7-17-6-3-4-8-19(17)21/h3-15,29H,1-2H3,(H,26,28,30). The van der Waals surface area contributed by atoms with Crippen molar-refractivity contribution >= 4 is 34.9 Å². The van der Waals surface area contributed by atoms with Crippen molar-refractivity contribution in [3.8, 4) is 11.6 Å². The van der Waals surface area contributed by atoms with E-state index in [2.05, 4.69) is 23.8 Å². The second-order valence-corrected chi connectivity index (χ2v) is 7.72. The number of nitrogens with zero attached hydrogens (tertiary/aromatic N) is 2. The van der Waals surface area contributed by atoms with Gasteiger partial charge in [-0.3, -0.25) is 19.3 Å². The molecule has 0 spiro atoms. The minimum Gasteiger partial charge on any atom is -0.494 e. The lowest BCUT2D eigenvalue weighted by Gasteiger charge is -2.13. The molecule has 1 heterocycles. The number of nitrogens with one attached hydrogen (secondary N) is 1. The summed E-state index contributed by atoms with van der Waals surface area (Å²) in [5.74, 6) is 0.178. The molecular weight excluding hydrogens is 394 g/mol. The first kappa shape index (κ1) is 19.8. The van der Waals surface area contributed by atoms with E-state index < -0.39 is 5.56 Å². The van der Waals surface area contributed by atoms with Gasteiger partial charge in [-0.1, -0.05) is 62.4 Å². The van der Waals surface area contributed by atoms with Crippen LogP contribution in [0.2, 0.25) is 0 Å². The van der Waals surface area contributed by atoms with Gasteiger partial charge in [-0.2, -0.15) is 0 Å². The first-order valence-electron chi connectivity index (χ1n) is 9.66. The van der Waals surface area contributed by atoms with Gasteiger partial charge in [0.2, 0.25) is 5.88 Å². The summed E-state index contributed by atoms with van der Waals surface area (Å²) in [6.07, 6.45) is 1.37. The first-order valence-corrected chi connectivity index (χ1v) is 10.1. The van der Waals surface area contributed by atoms with E-state index in [0.717, 1.165) is 10.8 Å². The Morgan fingerprint density at radius 2 is 1.73 bits per heavy atom. The maximum Gasteiger partial charge on any atom is 0.264 e. The van der Waals surface area contributed by atoms with Crippen LogP contribution in [-0.2, 0) is 0 Å². The summed E-state index contributed by atoms with van der Waals surface area (Å²) in [5.41, 5.74) is 2.14. The number of aromatic hydroxyl groups is 1. The highest BCUT2D eigenvalue weighted by Gasteiger charge is 2.14. The lowest BCUT2D eigenvalue weighted by atomic mass is 10.0. The molecule has 0 aliphatic rings. The molecule has 0 amide bonds. The third-order valence-corrected chi connectivity index (χ3v) is 5.32. The summed E-state index contributed by atoms with van der Waals surface area (Å²) < 4.78 is 1.58. The molecule has 0 saturated carbocycles. The number of H-pyrrole nitrogens is 1. The van der Waals surface area contributed by atoms with Gasteiger partial charge in [-0.15, -0.1) is 0 Å². The molecule has 6 heteroatoms. The zero-order valence-corrected chi connectivity index (χ0v) is 17.5. The molecule has 0 fully saturated rings. The Labute approximate surface area is 179 Å². The van der Waals surface area contributed by atoms with Gasteiger partial charge in [0.15, 0.2) is 4.77 Å². The Morgan fingerprint density at radius 1 is 1.03 bits per heavy atom. The van der Waals surface area contributed by atoms with Crippen LogP contribution >= 0.6 is 12.2 Å². The summed E-state index contributed by atoms with van der Waals surface area (Å²) in [7, 11) is 0. The van der Waals surface area contributed by atoms with Gasteiger partial charge in [0.05, 0.1) is 11.4 Å². The van der Waals surface area contributed by atoms with Crippen LogP contribution in [0.4, 0.5) is 5.69 Å². The van der Waals surface area contributed by atoms with Gasteiger partial charge in [0.1, 0.15) is 5.56 Å². The van der Waals surface area contributed by atoms with E-state index in [0.29, 0.717) is 17.3 Å². The molecule has 150 valence electrons. The number of aromatic nitrogens is 2. The molecule has 4 rings (SSSR count). The van der Waals surface area contributed by atoms with Crippen molar-refractivity contribution in [2.45, 2.75) is 19.8 Å². The third kappa shape index (κ3) is 3.69. The van der Waals surface area contributed by atoms with E-state index >= 15 is 0 Å². The SMILES string of the molecule is CC(C)c1ccc(N=Cc2c(O)n(-c3cccc4ccccc34)c(=S)[nH]c2=O)cc1. The maximum atomic E-state index is 12.5. The molecular formula is C24H21N3O2S. The van der Waals surface area contributed by atoms with Crippen molar-refractivity contribution < 1.29 is 5.11 Å². The summed E-state index contributed by atoms with van der Waals surface area (Å²) in [5, 5.41) is 12.9. The topological polar surface area (TPSA) is 70.4 Å². The molecule has 0 bridgehead atoms. The number of aliphatic imine (C=N–C) groups is 1. The molecule has 1 aromatic heterocycles. The normalized spacial score (nSPS) is 11.6. The number of fused-ring (bicyclic) bond motifs is 1. The number of rotatable bonds is 4. The van der Waals surface area contributed by atoms with Crippen LogP contribution < -0.4 is 5.56 Å². The Morgan fingerprint density at radius 3 is 2.47 bits per heavy atom. The lowest BCUT2D eigenvalue weighted by Crippen LogP contribution is -2.18. The van der Waals surface area contributed by atoms with E-state index in [9.17, 15) is 9.90 Å². The number of hydrogen-bond acceptors (Lipinski definition) is 4. The largest absolute Gasteiger partial charge is 0.494 e. The van der Waals surface area contributed by atoms with Crippen LogP contribution in [0.25, 0.3) is 16.5 Å². The van der Waals surface area contributed by atoms with Gasteiger partial charge in [-0.25, -0.2) is 0 Å². The number of hydrogen-bond donors (Lipinski definition) is 2. The zero-order valence-electron chi connectivity index (χ0n) is 16.7. The van der Waals surface area contributed by atoms with Gasteiger partial charge >= 0.3 is 0 Å². The molecule has 3 aromatic carbocycles. The first-order chi connectivity index (χ1) is 14.5. The highest BCUT2D eigenvalue weighted by molar-refractivity contribution is 7.71. The molecule has 0 aliphatic carbocycles. The number of aromatic amines is 1. The summed E-state index contributed by atoms with van der Waals surface area (Å²) in [6, 6.07) is 21.3. The Bertz CT molecular complexity index is 1360. The van der Waals surface area contributed by atoms with Crippen LogP contribution in [0.3, 0.4) is 0 Å². The summed E-state index contributed by atoms with van der Waals surface area (Å²) >= 11 is 5.35. The van der Waals surface area contributed by atoms with Crippen LogP contribution in [0, 0.1) is 4.77 Å². The van der Waals surface area contributed by atoms with Crippen LogP contribution in [0.5, 0.6) is 5.88 Å². The van der Waals surface area contributed by atoms with Crippen molar-refractivity contribution in [1.82, 2.24) is 9.55 Å².